The first-order valence-corrected chi connectivity index (χ1v) is 14.2. The molecule has 13 nitrogen and oxygen atoms in total. The molecule has 39 heavy (non-hydrogen) atoms. The summed E-state index contributed by atoms with van der Waals surface area (Å²) in [7, 11) is 0. The highest BCUT2D eigenvalue weighted by molar-refractivity contribution is 5.77. The molecular weight excluding hydrogens is 510 g/mol. The van der Waals surface area contributed by atoms with Crippen LogP contribution in [-0.4, -0.2) is 120 Å². The van der Waals surface area contributed by atoms with E-state index in [9.17, 15) is 4.79 Å². The van der Waals surface area contributed by atoms with Crippen LogP contribution < -0.4 is 11.1 Å². The van der Waals surface area contributed by atoms with Crippen LogP contribution in [0.1, 0.15) is 50.1 Å². The number of fused-ring (bicyclic) bond motifs is 1. The van der Waals surface area contributed by atoms with E-state index in [-0.39, 0.29) is 18.6 Å². The third-order valence-corrected chi connectivity index (χ3v) is 5.94. The van der Waals surface area contributed by atoms with Gasteiger partial charge >= 0.3 is 0 Å². The number of carbonyl (C=O) groups is 1. The van der Waals surface area contributed by atoms with Gasteiger partial charge in [0.05, 0.1) is 84.9 Å². The molecule has 0 spiro atoms. The van der Waals surface area contributed by atoms with Crippen molar-refractivity contribution in [3.63, 3.8) is 0 Å². The third-order valence-electron chi connectivity index (χ3n) is 5.94. The van der Waals surface area contributed by atoms with E-state index in [1.165, 1.54) is 0 Å². The average Bonchev–Trinajstić information content (AvgIpc) is 3.32. The zero-order valence-corrected chi connectivity index (χ0v) is 23.6. The second-order valence-corrected chi connectivity index (χ2v) is 8.94. The highest BCUT2D eigenvalue weighted by Crippen LogP contribution is 2.29. The summed E-state index contributed by atoms with van der Waals surface area (Å²) in [6.07, 6.45) is 4.65. The second kappa shape index (κ2) is 23.0. The van der Waals surface area contributed by atoms with Gasteiger partial charge in [-0.15, -0.1) is 5.10 Å². The lowest BCUT2D eigenvalue weighted by Gasteiger charge is -2.20. The molecular formula is C26H49N5O8. The maximum absolute atomic E-state index is 12.3. The Hall–Kier alpha value is -1.71. The maximum atomic E-state index is 12.3. The molecule has 1 aromatic heterocycles. The lowest BCUT2D eigenvalue weighted by Crippen LogP contribution is -2.31. The standard InChI is InChI=1S/C26H49N5O8/c1-2-33-14-15-37-20-17-35-12-9-28-25(32)22-39-24-7-5-3-4-6-23-26(24)29-30-31(23)10-13-36-18-21-38-19-16-34-11-8-27/h24H,2-22,27H2,1H3,(H,28,32). The Kier molecular flexibility index (Phi) is 19.8. The molecule has 0 saturated heterocycles. The number of hydrogen-bond acceptors (Lipinski definition) is 11. The van der Waals surface area contributed by atoms with Gasteiger partial charge in [-0.25, -0.2) is 4.68 Å². The van der Waals surface area contributed by atoms with Gasteiger partial charge < -0.3 is 44.2 Å². The normalized spacial score (nSPS) is 15.6. The van der Waals surface area contributed by atoms with Crippen molar-refractivity contribution in [2.24, 2.45) is 5.73 Å². The minimum Gasteiger partial charge on any atom is -0.379 e. The Morgan fingerprint density at radius 3 is 2.21 bits per heavy atom. The quantitative estimate of drug-likeness (QED) is 0.172. The molecule has 3 N–H and O–H groups in total. The molecule has 1 aromatic rings. The largest absolute Gasteiger partial charge is 0.379 e. The molecule has 0 fully saturated rings. The number of nitrogens with two attached hydrogens (primary N) is 1. The zero-order valence-electron chi connectivity index (χ0n) is 23.6. The van der Waals surface area contributed by atoms with Crippen LogP contribution >= 0.6 is 0 Å². The topological polar surface area (TPSA) is 150 Å². The van der Waals surface area contributed by atoms with Crippen LogP contribution in [0.15, 0.2) is 0 Å². The fourth-order valence-electron chi connectivity index (χ4n) is 3.98. The summed E-state index contributed by atoms with van der Waals surface area (Å²) in [6.45, 7) is 9.80. The molecule has 0 aliphatic heterocycles. The Balaban J connectivity index is 1.62. The first kappa shape index (κ1) is 33.5. The minimum atomic E-state index is -0.249. The molecule has 1 aliphatic carbocycles. The molecule has 1 heterocycles. The van der Waals surface area contributed by atoms with E-state index < -0.39 is 0 Å². The predicted molar refractivity (Wildman–Crippen MR) is 144 cm³/mol. The van der Waals surface area contributed by atoms with E-state index in [1.54, 1.807) is 0 Å². The van der Waals surface area contributed by atoms with Crippen molar-refractivity contribution in [3.05, 3.63) is 11.4 Å². The molecule has 1 atom stereocenters. The number of hydrogen-bond donors (Lipinski definition) is 2. The van der Waals surface area contributed by atoms with E-state index in [4.69, 9.17) is 38.9 Å². The van der Waals surface area contributed by atoms with Gasteiger partial charge in [-0.2, -0.15) is 0 Å². The Labute approximate surface area is 232 Å². The molecule has 226 valence electrons. The van der Waals surface area contributed by atoms with Gasteiger partial charge in [0.15, 0.2) is 0 Å². The van der Waals surface area contributed by atoms with Crippen molar-refractivity contribution < 1.29 is 38.0 Å². The van der Waals surface area contributed by atoms with Gasteiger partial charge in [-0.05, 0) is 26.2 Å². The van der Waals surface area contributed by atoms with E-state index in [0.29, 0.717) is 98.9 Å². The first-order valence-electron chi connectivity index (χ1n) is 14.2. The Morgan fingerprint density at radius 2 is 1.51 bits per heavy atom. The predicted octanol–water partition coefficient (Wildman–Crippen LogP) is 0.647. The van der Waals surface area contributed by atoms with Gasteiger partial charge in [0, 0.05) is 19.7 Å². The highest BCUT2D eigenvalue weighted by atomic mass is 16.5. The number of aromatic nitrogens is 3. The summed E-state index contributed by atoms with van der Waals surface area (Å²) in [6, 6.07) is 0. The van der Waals surface area contributed by atoms with Gasteiger partial charge in [0.2, 0.25) is 5.91 Å². The van der Waals surface area contributed by atoms with Crippen molar-refractivity contribution >= 4 is 5.91 Å². The zero-order chi connectivity index (χ0) is 27.8. The molecule has 0 aromatic carbocycles. The number of carbonyl (C=O) groups excluding carboxylic acids is 1. The van der Waals surface area contributed by atoms with Crippen molar-refractivity contribution in [2.45, 2.75) is 51.7 Å². The van der Waals surface area contributed by atoms with Crippen molar-refractivity contribution in [1.82, 2.24) is 20.3 Å². The van der Waals surface area contributed by atoms with Crippen molar-refractivity contribution in [3.8, 4) is 0 Å². The van der Waals surface area contributed by atoms with Crippen LogP contribution in [0.3, 0.4) is 0 Å². The number of rotatable bonds is 24. The summed E-state index contributed by atoms with van der Waals surface area (Å²) in [5.74, 6) is -0.177. The Morgan fingerprint density at radius 1 is 0.872 bits per heavy atom. The molecule has 1 unspecified atom stereocenters. The monoisotopic (exact) mass is 559 g/mol. The lowest BCUT2D eigenvalue weighted by atomic mass is 9.99. The van der Waals surface area contributed by atoms with Crippen LogP contribution in [0, 0.1) is 0 Å². The highest BCUT2D eigenvalue weighted by Gasteiger charge is 2.25. The van der Waals surface area contributed by atoms with E-state index >= 15 is 0 Å². The maximum Gasteiger partial charge on any atom is 0.246 e. The summed E-state index contributed by atoms with van der Waals surface area (Å²) in [5.41, 5.74) is 7.27. The fraction of sp³-hybridized carbons (Fsp3) is 0.885. The minimum absolute atomic E-state index is 0.0299. The van der Waals surface area contributed by atoms with Gasteiger partial charge in [-0.3, -0.25) is 4.79 Å². The van der Waals surface area contributed by atoms with Gasteiger partial charge in [0.1, 0.15) is 18.4 Å². The van der Waals surface area contributed by atoms with Gasteiger partial charge in [0.25, 0.3) is 0 Å². The van der Waals surface area contributed by atoms with Crippen LogP contribution in [-0.2, 0) is 50.9 Å². The first-order chi connectivity index (χ1) is 19.3. The second-order valence-electron chi connectivity index (χ2n) is 8.94. The molecule has 0 bridgehead atoms. The van der Waals surface area contributed by atoms with Crippen molar-refractivity contribution in [1.29, 1.82) is 0 Å². The molecule has 1 aliphatic rings. The molecule has 13 heteroatoms. The van der Waals surface area contributed by atoms with Gasteiger partial charge in [-0.1, -0.05) is 18.1 Å². The van der Waals surface area contributed by atoms with E-state index in [1.807, 2.05) is 11.6 Å². The number of nitrogens with one attached hydrogen (secondary N) is 1. The SMILES string of the molecule is CCOCCOCCOCCNC(=O)COC1CCCCCc2c1nnn2CCOCCOCCOCCN. The smallest absolute Gasteiger partial charge is 0.246 e. The third kappa shape index (κ3) is 15.6. The van der Waals surface area contributed by atoms with Crippen LogP contribution in [0.5, 0.6) is 0 Å². The van der Waals surface area contributed by atoms with Crippen LogP contribution in [0.4, 0.5) is 0 Å². The number of ether oxygens (including phenoxy) is 7. The molecule has 1 amide bonds. The van der Waals surface area contributed by atoms with E-state index in [2.05, 4.69) is 15.6 Å². The Bertz CT molecular complexity index is 739. The summed E-state index contributed by atoms with van der Waals surface area (Å²) in [5, 5.41) is 11.6. The summed E-state index contributed by atoms with van der Waals surface area (Å²) in [4.78, 5) is 12.3. The average molecular weight is 560 g/mol. The number of nitrogens with zero attached hydrogens (tertiary/aromatic N) is 3. The van der Waals surface area contributed by atoms with Crippen LogP contribution in [0.25, 0.3) is 0 Å². The fourth-order valence-corrected chi connectivity index (χ4v) is 3.98. The number of amides is 1. The van der Waals surface area contributed by atoms with Crippen LogP contribution in [0.2, 0.25) is 0 Å². The lowest BCUT2D eigenvalue weighted by molar-refractivity contribution is -0.128. The molecule has 2 rings (SSSR count). The van der Waals surface area contributed by atoms with E-state index in [0.717, 1.165) is 43.5 Å². The van der Waals surface area contributed by atoms with Crippen molar-refractivity contribution in [2.75, 3.05) is 99.0 Å². The molecule has 0 saturated carbocycles. The summed E-state index contributed by atoms with van der Waals surface area (Å²) < 4.78 is 40.4. The summed E-state index contributed by atoms with van der Waals surface area (Å²) >= 11 is 0. The molecule has 0 radical (unpaired) electrons.